The second-order valence-corrected chi connectivity index (χ2v) is 5.34. The molecule has 3 heteroatoms. The Balaban J connectivity index is 0. The van der Waals surface area contributed by atoms with Crippen LogP contribution in [-0.2, 0) is 5.41 Å². The first-order valence-corrected chi connectivity index (χ1v) is 6.59. The van der Waals surface area contributed by atoms with Crippen LogP contribution >= 0.6 is 0 Å². The normalized spacial score (nSPS) is 11.6. The van der Waals surface area contributed by atoms with Crippen molar-refractivity contribution < 1.29 is 15.3 Å². The molecular formula is C16H30O3. The lowest BCUT2D eigenvalue weighted by molar-refractivity contribution is 0.399. The first kappa shape index (κ1) is 20.3. The van der Waals surface area contributed by atoms with Crippen LogP contribution in [0.5, 0.6) is 5.75 Å². The highest BCUT2D eigenvalue weighted by atomic mass is 16.3. The van der Waals surface area contributed by atoms with Crippen LogP contribution in [0.15, 0.2) is 18.2 Å². The minimum absolute atomic E-state index is 0.0120. The summed E-state index contributed by atoms with van der Waals surface area (Å²) in [5.41, 5.74) is 2.26. The van der Waals surface area contributed by atoms with Gasteiger partial charge in [0.2, 0.25) is 0 Å². The van der Waals surface area contributed by atoms with Crippen LogP contribution in [0, 0.1) is 0 Å². The monoisotopic (exact) mass is 270 g/mol. The summed E-state index contributed by atoms with van der Waals surface area (Å²) in [5, 5.41) is 24.0. The number of hydrogen-bond donors (Lipinski definition) is 3. The van der Waals surface area contributed by atoms with Gasteiger partial charge in [-0.05, 0) is 34.9 Å². The molecule has 1 aromatic rings. The fourth-order valence-corrected chi connectivity index (χ4v) is 1.73. The van der Waals surface area contributed by atoms with Gasteiger partial charge in [-0.2, -0.15) is 0 Å². The van der Waals surface area contributed by atoms with E-state index in [-0.39, 0.29) is 5.41 Å². The van der Waals surface area contributed by atoms with Gasteiger partial charge in [0.1, 0.15) is 5.75 Å². The molecule has 3 N–H and O–H groups in total. The molecule has 0 aliphatic rings. The zero-order chi connectivity index (χ0) is 15.6. The number of benzene rings is 1. The number of aliphatic hydroxyl groups is 2. The molecule has 112 valence electrons. The lowest BCUT2D eigenvalue weighted by Crippen LogP contribution is -2.11. The first-order valence-electron chi connectivity index (χ1n) is 6.59. The van der Waals surface area contributed by atoms with Gasteiger partial charge in [-0.3, -0.25) is 0 Å². The average molecular weight is 270 g/mol. The lowest BCUT2D eigenvalue weighted by atomic mass is 9.84. The van der Waals surface area contributed by atoms with Crippen LogP contribution in [0.4, 0.5) is 0 Å². The van der Waals surface area contributed by atoms with Gasteiger partial charge in [-0.25, -0.2) is 0 Å². The predicted octanol–water partition coefficient (Wildman–Crippen LogP) is 3.42. The number of phenolic OH excluding ortho intramolecular Hbond substituents is 1. The van der Waals surface area contributed by atoms with E-state index < -0.39 is 0 Å². The minimum atomic E-state index is 0.0120. The van der Waals surface area contributed by atoms with Crippen LogP contribution < -0.4 is 0 Å². The minimum Gasteiger partial charge on any atom is -0.508 e. The second kappa shape index (κ2) is 9.82. The molecule has 0 spiro atoms. The highest BCUT2D eigenvalue weighted by Crippen LogP contribution is 2.33. The van der Waals surface area contributed by atoms with Gasteiger partial charge in [0.25, 0.3) is 0 Å². The van der Waals surface area contributed by atoms with Crippen molar-refractivity contribution in [3.05, 3.63) is 29.3 Å². The largest absolute Gasteiger partial charge is 0.508 e. The van der Waals surface area contributed by atoms with Crippen molar-refractivity contribution in [2.45, 2.75) is 52.4 Å². The van der Waals surface area contributed by atoms with Gasteiger partial charge < -0.3 is 15.3 Å². The Morgan fingerprint density at radius 2 is 1.53 bits per heavy atom. The molecule has 1 rings (SSSR count). The molecule has 0 aliphatic carbocycles. The summed E-state index contributed by atoms with van der Waals surface area (Å²) >= 11 is 0. The molecule has 3 nitrogen and oxygen atoms in total. The highest BCUT2D eigenvalue weighted by molar-refractivity contribution is 5.41. The van der Waals surface area contributed by atoms with E-state index in [1.165, 1.54) is 5.56 Å². The Morgan fingerprint density at radius 1 is 1.05 bits per heavy atom. The third-order valence-electron chi connectivity index (χ3n) is 3.01. The van der Waals surface area contributed by atoms with E-state index in [1.807, 2.05) is 6.07 Å². The van der Waals surface area contributed by atoms with E-state index in [0.717, 1.165) is 26.2 Å². The molecule has 0 heterocycles. The van der Waals surface area contributed by atoms with Crippen LogP contribution in [0.2, 0.25) is 0 Å². The van der Waals surface area contributed by atoms with Crippen molar-refractivity contribution in [2.24, 2.45) is 0 Å². The van der Waals surface area contributed by atoms with Gasteiger partial charge >= 0.3 is 0 Å². The predicted molar refractivity (Wildman–Crippen MR) is 81.8 cm³/mol. The van der Waals surface area contributed by atoms with Crippen LogP contribution in [-0.4, -0.2) is 29.5 Å². The van der Waals surface area contributed by atoms with E-state index in [1.54, 1.807) is 0 Å². The van der Waals surface area contributed by atoms with Crippen LogP contribution in [0.3, 0.4) is 0 Å². The maximum atomic E-state index is 9.97. The summed E-state index contributed by atoms with van der Waals surface area (Å²) in [4.78, 5) is 0. The van der Waals surface area contributed by atoms with Crippen molar-refractivity contribution >= 4 is 0 Å². The van der Waals surface area contributed by atoms with E-state index >= 15 is 0 Å². The lowest BCUT2D eigenvalue weighted by Gasteiger charge is -2.21. The van der Waals surface area contributed by atoms with Gasteiger partial charge in [0.05, 0.1) is 0 Å². The van der Waals surface area contributed by atoms with Gasteiger partial charge in [-0.15, -0.1) is 0 Å². The summed E-state index contributed by atoms with van der Waals surface area (Å²) in [7, 11) is 2.00. The molecule has 0 fully saturated rings. The molecule has 1 unspecified atom stereocenters. The van der Waals surface area contributed by atoms with Gasteiger partial charge in [0.15, 0.2) is 0 Å². The first-order chi connectivity index (χ1) is 8.86. The Kier molecular flexibility index (Phi) is 10.5. The molecule has 0 saturated heterocycles. The topological polar surface area (TPSA) is 60.7 Å². The zero-order valence-electron chi connectivity index (χ0n) is 13.4. The van der Waals surface area contributed by atoms with Crippen LogP contribution in [0.25, 0.3) is 0 Å². The van der Waals surface area contributed by atoms with E-state index in [2.05, 4.69) is 46.8 Å². The molecule has 0 bridgehead atoms. The fourth-order valence-electron chi connectivity index (χ4n) is 1.73. The number of aromatic hydroxyl groups is 1. The Bertz CT molecular complexity index is 340. The second-order valence-electron chi connectivity index (χ2n) is 5.34. The zero-order valence-corrected chi connectivity index (χ0v) is 13.4. The maximum Gasteiger partial charge on any atom is 0.119 e. The standard InChI is InChI=1S/C14H22O.2CH4O/c1-6-10(2)11-7-8-12(13(15)9-11)14(3,4)5;2*1-2/h7-10,15H,6H2,1-5H3;2*2H,1H3. The van der Waals surface area contributed by atoms with Gasteiger partial charge in [-0.1, -0.05) is 46.8 Å². The van der Waals surface area contributed by atoms with E-state index in [9.17, 15) is 5.11 Å². The molecule has 0 amide bonds. The smallest absolute Gasteiger partial charge is 0.119 e. The third kappa shape index (κ3) is 6.60. The maximum absolute atomic E-state index is 9.97. The SMILES string of the molecule is CCC(C)c1ccc(C(C)(C)C)c(O)c1.CO.CO. The number of rotatable bonds is 2. The number of aliphatic hydroxyl groups excluding tert-OH is 2. The van der Waals surface area contributed by atoms with E-state index in [4.69, 9.17) is 10.2 Å². The Labute approximate surface area is 117 Å². The van der Waals surface area contributed by atoms with Gasteiger partial charge in [0, 0.05) is 14.2 Å². The van der Waals surface area contributed by atoms with E-state index in [0.29, 0.717) is 11.7 Å². The molecule has 1 aromatic carbocycles. The van der Waals surface area contributed by atoms with Crippen molar-refractivity contribution in [3.8, 4) is 5.75 Å². The molecule has 0 aromatic heterocycles. The Hall–Kier alpha value is -1.06. The average Bonchev–Trinajstić information content (AvgIpc) is 2.40. The molecule has 0 aliphatic heterocycles. The summed E-state index contributed by atoms with van der Waals surface area (Å²) in [6.45, 7) is 10.7. The number of phenols is 1. The van der Waals surface area contributed by atoms with Crippen molar-refractivity contribution in [3.63, 3.8) is 0 Å². The summed E-state index contributed by atoms with van der Waals surface area (Å²) < 4.78 is 0. The van der Waals surface area contributed by atoms with Crippen LogP contribution in [0.1, 0.15) is 58.1 Å². The summed E-state index contributed by atoms with van der Waals surface area (Å²) in [5.74, 6) is 0.949. The molecule has 19 heavy (non-hydrogen) atoms. The highest BCUT2D eigenvalue weighted by Gasteiger charge is 2.18. The summed E-state index contributed by atoms with van der Waals surface area (Å²) in [6, 6.07) is 6.10. The van der Waals surface area contributed by atoms with Crippen molar-refractivity contribution in [1.29, 1.82) is 0 Å². The molecule has 1 atom stereocenters. The molecule has 0 saturated carbocycles. The summed E-state index contributed by atoms with van der Waals surface area (Å²) in [6.07, 6.45) is 1.11. The Morgan fingerprint density at radius 3 is 1.84 bits per heavy atom. The van der Waals surface area contributed by atoms with Crippen molar-refractivity contribution in [2.75, 3.05) is 14.2 Å². The fraction of sp³-hybridized carbons (Fsp3) is 0.625. The molecule has 0 radical (unpaired) electrons. The van der Waals surface area contributed by atoms with Crippen molar-refractivity contribution in [1.82, 2.24) is 0 Å². The number of hydrogen-bond acceptors (Lipinski definition) is 3. The third-order valence-corrected chi connectivity index (χ3v) is 3.01. The molecular weight excluding hydrogens is 240 g/mol. The quantitative estimate of drug-likeness (QED) is 0.771.